The number of aromatic amines is 1. The Kier molecular flexibility index (Phi) is 6.34. The van der Waals surface area contributed by atoms with Crippen molar-refractivity contribution in [1.82, 2.24) is 10.3 Å². The molecule has 4 rings (SSSR count). The summed E-state index contributed by atoms with van der Waals surface area (Å²) in [7, 11) is 0. The van der Waals surface area contributed by atoms with Crippen molar-refractivity contribution in [3.05, 3.63) is 45.7 Å². The molecule has 0 unspecified atom stereocenters. The average molecular weight is 397 g/mol. The molecule has 0 bridgehead atoms. The van der Waals surface area contributed by atoms with Crippen LogP contribution in [0.4, 0.5) is 0 Å². The van der Waals surface area contributed by atoms with Gasteiger partial charge in [0.1, 0.15) is 0 Å². The number of aromatic nitrogens is 1. The summed E-state index contributed by atoms with van der Waals surface area (Å²) in [5.41, 5.74) is 2.53. The van der Waals surface area contributed by atoms with E-state index in [2.05, 4.69) is 10.3 Å². The number of hydrogen-bond acceptors (Lipinski definition) is 3. The van der Waals surface area contributed by atoms with Gasteiger partial charge < -0.3 is 15.0 Å². The van der Waals surface area contributed by atoms with Crippen LogP contribution in [0.2, 0.25) is 0 Å². The van der Waals surface area contributed by atoms with Gasteiger partial charge in [0.25, 0.3) is 0 Å². The smallest absolute Gasteiger partial charge is 0.220 e. The van der Waals surface area contributed by atoms with Crippen LogP contribution in [-0.2, 0) is 16.1 Å². The summed E-state index contributed by atoms with van der Waals surface area (Å²) in [6.07, 6.45) is 9.70. The first-order valence-corrected chi connectivity index (χ1v) is 11.1. The summed E-state index contributed by atoms with van der Waals surface area (Å²) in [5, 5.41) is 3.96. The molecule has 2 saturated carbocycles. The van der Waals surface area contributed by atoms with Gasteiger partial charge in [-0.15, -0.1) is 0 Å². The molecule has 0 saturated heterocycles. The number of pyridine rings is 1. The molecule has 5 nitrogen and oxygen atoms in total. The minimum absolute atomic E-state index is 0.0756. The van der Waals surface area contributed by atoms with Crippen LogP contribution in [0.25, 0.3) is 10.9 Å². The summed E-state index contributed by atoms with van der Waals surface area (Å²) < 4.78 is 6.13. The van der Waals surface area contributed by atoms with Crippen LogP contribution in [0, 0.1) is 12.8 Å². The van der Waals surface area contributed by atoms with Gasteiger partial charge in [-0.05, 0) is 63.5 Å². The zero-order chi connectivity index (χ0) is 20.2. The first kappa shape index (κ1) is 20.1. The number of hydrogen-bond donors (Lipinski definition) is 2. The summed E-state index contributed by atoms with van der Waals surface area (Å²) in [5.74, 6) is 0.827. The average Bonchev–Trinajstić information content (AvgIpc) is 3.23. The molecule has 2 N–H and O–H groups in total. The molecule has 156 valence electrons. The molecule has 1 heterocycles. The second kappa shape index (κ2) is 9.12. The zero-order valence-corrected chi connectivity index (χ0v) is 17.3. The number of carbonyl (C=O) groups is 1. The number of para-hydroxylation sites is 1. The third-order valence-corrected chi connectivity index (χ3v) is 6.70. The predicted octanol–water partition coefficient (Wildman–Crippen LogP) is 4.36. The van der Waals surface area contributed by atoms with E-state index in [0.29, 0.717) is 18.9 Å². The number of nitrogens with one attached hydrogen (secondary N) is 2. The van der Waals surface area contributed by atoms with E-state index in [1.807, 2.05) is 31.2 Å². The van der Waals surface area contributed by atoms with Crippen LogP contribution in [0.1, 0.15) is 69.0 Å². The maximum atomic E-state index is 12.6. The van der Waals surface area contributed by atoms with E-state index in [1.54, 1.807) is 0 Å². The van der Waals surface area contributed by atoms with Crippen molar-refractivity contribution in [3.63, 3.8) is 0 Å². The van der Waals surface area contributed by atoms with Gasteiger partial charge in [0.05, 0.1) is 12.7 Å². The minimum Gasteiger partial charge on any atom is -0.372 e. The first-order valence-electron chi connectivity index (χ1n) is 11.1. The van der Waals surface area contributed by atoms with Crippen LogP contribution in [0.15, 0.2) is 29.1 Å². The Bertz CT molecular complexity index is 906. The number of amides is 1. The molecule has 0 radical (unpaired) electrons. The molecule has 1 aromatic carbocycles. The van der Waals surface area contributed by atoms with Crippen LogP contribution in [-0.4, -0.2) is 23.0 Å². The number of ether oxygens (including phenoxy) is 1. The van der Waals surface area contributed by atoms with E-state index >= 15 is 0 Å². The van der Waals surface area contributed by atoms with Gasteiger partial charge in [0.15, 0.2) is 5.43 Å². The Balaban J connectivity index is 1.26. The highest BCUT2D eigenvalue weighted by molar-refractivity contribution is 5.79. The largest absolute Gasteiger partial charge is 0.372 e. The van der Waals surface area contributed by atoms with E-state index in [0.717, 1.165) is 47.8 Å². The second-order valence-corrected chi connectivity index (χ2v) is 8.81. The van der Waals surface area contributed by atoms with E-state index in [4.69, 9.17) is 4.74 Å². The number of carbonyl (C=O) groups excluding carboxylic acids is 1. The Morgan fingerprint density at radius 2 is 1.83 bits per heavy atom. The SMILES string of the molecule is Cc1c(CO[C@H]2CC[C@H](NC(=O)CC3CCCC3)CC2)[nH]c2ccccc2c1=O. The topological polar surface area (TPSA) is 71.2 Å². The van der Waals surface area contributed by atoms with Crippen molar-refractivity contribution >= 4 is 16.8 Å². The van der Waals surface area contributed by atoms with Crippen LogP contribution < -0.4 is 10.7 Å². The van der Waals surface area contributed by atoms with Gasteiger partial charge in [-0.3, -0.25) is 9.59 Å². The lowest BCUT2D eigenvalue weighted by Crippen LogP contribution is -2.39. The molecule has 5 heteroatoms. The van der Waals surface area contributed by atoms with Crippen molar-refractivity contribution in [2.24, 2.45) is 5.92 Å². The van der Waals surface area contributed by atoms with E-state index in [1.165, 1.54) is 25.7 Å². The zero-order valence-electron chi connectivity index (χ0n) is 17.3. The Labute approximate surface area is 172 Å². The van der Waals surface area contributed by atoms with Gasteiger partial charge in [-0.2, -0.15) is 0 Å². The van der Waals surface area contributed by atoms with Gasteiger partial charge in [-0.25, -0.2) is 0 Å². The van der Waals surface area contributed by atoms with Crippen molar-refractivity contribution in [2.75, 3.05) is 0 Å². The number of benzene rings is 1. The first-order chi connectivity index (χ1) is 14.1. The van der Waals surface area contributed by atoms with Crippen molar-refractivity contribution in [1.29, 1.82) is 0 Å². The number of H-pyrrole nitrogens is 1. The third kappa shape index (κ3) is 4.89. The minimum atomic E-state index is 0.0756. The lowest BCUT2D eigenvalue weighted by molar-refractivity contribution is -0.123. The van der Waals surface area contributed by atoms with E-state index in [-0.39, 0.29) is 23.5 Å². The van der Waals surface area contributed by atoms with Gasteiger partial charge in [0, 0.05) is 34.6 Å². The van der Waals surface area contributed by atoms with Gasteiger partial charge in [0.2, 0.25) is 5.91 Å². The predicted molar refractivity (Wildman–Crippen MR) is 115 cm³/mol. The van der Waals surface area contributed by atoms with Crippen molar-refractivity contribution in [2.45, 2.75) is 83.5 Å². The fourth-order valence-corrected chi connectivity index (χ4v) is 4.87. The quantitative estimate of drug-likeness (QED) is 0.762. The Morgan fingerprint density at radius 1 is 1.10 bits per heavy atom. The van der Waals surface area contributed by atoms with Crippen LogP contribution in [0.3, 0.4) is 0 Å². The number of fused-ring (bicyclic) bond motifs is 1. The second-order valence-electron chi connectivity index (χ2n) is 8.81. The monoisotopic (exact) mass is 396 g/mol. The molecule has 1 amide bonds. The van der Waals surface area contributed by atoms with Crippen LogP contribution >= 0.6 is 0 Å². The summed E-state index contributed by atoms with van der Waals surface area (Å²) in [4.78, 5) is 28.2. The Hall–Kier alpha value is -2.14. The molecular formula is C24H32N2O3. The Morgan fingerprint density at radius 3 is 2.59 bits per heavy atom. The molecule has 0 aliphatic heterocycles. The molecule has 2 aliphatic rings. The van der Waals surface area contributed by atoms with E-state index in [9.17, 15) is 9.59 Å². The van der Waals surface area contributed by atoms with Gasteiger partial charge >= 0.3 is 0 Å². The number of rotatable bonds is 6. The highest BCUT2D eigenvalue weighted by Crippen LogP contribution is 2.28. The van der Waals surface area contributed by atoms with Crippen LogP contribution in [0.5, 0.6) is 0 Å². The molecule has 1 aromatic heterocycles. The fourth-order valence-electron chi connectivity index (χ4n) is 4.87. The lowest BCUT2D eigenvalue weighted by Gasteiger charge is -2.29. The maximum absolute atomic E-state index is 12.6. The maximum Gasteiger partial charge on any atom is 0.220 e. The molecule has 29 heavy (non-hydrogen) atoms. The fraction of sp³-hybridized carbons (Fsp3) is 0.583. The molecule has 2 fully saturated rings. The molecule has 2 aromatic rings. The highest BCUT2D eigenvalue weighted by Gasteiger charge is 2.25. The summed E-state index contributed by atoms with van der Waals surface area (Å²) >= 11 is 0. The normalized spacial score (nSPS) is 22.8. The third-order valence-electron chi connectivity index (χ3n) is 6.70. The van der Waals surface area contributed by atoms with Crippen molar-refractivity contribution in [3.8, 4) is 0 Å². The lowest BCUT2D eigenvalue weighted by atomic mass is 9.92. The molecular weight excluding hydrogens is 364 g/mol. The molecule has 0 atom stereocenters. The summed E-state index contributed by atoms with van der Waals surface area (Å²) in [6.45, 7) is 2.29. The van der Waals surface area contributed by atoms with E-state index < -0.39 is 0 Å². The molecule has 0 spiro atoms. The standard InChI is InChI=1S/C24H32N2O3/c1-16-22(26-21-9-5-4-8-20(21)24(16)28)15-29-19-12-10-18(11-13-19)25-23(27)14-17-6-2-3-7-17/h4-5,8-9,17-19H,2-3,6-7,10-15H2,1H3,(H,25,27)(H,26,28)/t18-,19-. The highest BCUT2D eigenvalue weighted by atomic mass is 16.5. The summed E-state index contributed by atoms with van der Waals surface area (Å²) in [6, 6.07) is 7.89. The van der Waals surface area contributed by atoms with Crippen molar-refractivity contribution < 1.29 is 9.53 Å². The van der Waals surface area contributed by atoms with Gasteiger partial charge in [-0.1, -0.05) is 25.0 Å². The molecule has 2 aliphatic carbocycles.